The molecule has 1 atom stereocenters. The number of fused-ring (bicyclic) bond motifs is 6. The van der Waals surface area contributed by atoms with Crippen molar-refractivity contribution in [1.29, 1.82) is 0 Å². The van der Waals surface area contributed by atoms with E-state index < -0.39 is 0 Å². The third-order valence-corrected chi connectivity index (χ3v) is 5.36. The number of hydrogen-bond donors (Lipinski definition) is 1. The van der Waals surface area contributed by atoms with Crippen molar-refractivity contribution in [1.82, 2.24) is 34.5 Å². The molecule has 1 N–H and O–H groups in total. The van der Waals surface area contributed by atoms with Crippen LogP contribution in [0.25, 0.3) is 22.3 Å². The minimum Gasteiger partial charge on any atom is -0.376 e. The maximum absolute atomic E-state index is 12.1. The first kappa shape index (κ1) is 18.0. The van der Waals surface area contributed by atoms with Gasteiger partial charge >= 0.3 is 0 Å². The fourth-order valence-corrected chi connectivity index (χ4v) is 3.97. The lowest BCUT2D eigenvalue weighted by atomic mass is 10.2. The Morgan fingerprint density at radius 3 is 3.07 bits per heavy atom. The molecule has 1 aromatic carbocycles. The highest BCUT2D eigenvalue weighted by Crippen LogP contribution is 2.22. The van der Waals surface area contributed by atoms with Crippen molar-refractivity contribution < 1.29 is 9.53 Å². The van der Waals surface area contributed by atoms with Gasteiger partial charge in [0.1, 0.15) is 11.6 Å². The highest BCUT2D eigenvalue weighted by molar-refractivity contribution is 5.93. The molecule has 0 saturated carbocycles. The Labute approximate surface area is 167 Å². The lowest BCUT2D eigenvalue weighted by Crippen LogP contribution is -2.31. The molecule has 0 radical (unpaired) electrons. The largest absolute Gasteiger partial charge is 0.376 e. The van der Waals surface area contributed by atoms with Crippen LogP contribution in [-0.4, -0.2) is 54.4 Å². The van der Waals surface area contributed by atoms with Crippen LogP contribution in [0.1, 0.15) is 37.3 Å². The summed E-state index contributed by atoms with van der Waals surface area (Å²) in [6.45, 7) is 3.26. The molecule has 29 heavy (non-hydrogen) atoms. The first-order chi connectivity index (χ1) is 14.2. The molecule has 1 amide bonds. The van der Waals surface area contributed by atoms with Crippen LogP contribution in [0.3, 0.4) is 0 Å². The molecule has 4 heterocycles. The number of carbonyl (C=O) groups is 1. The molecule has 9 nitrogen and oxygen atoms in total. The van der Waals surface area contributed by atoms with Crippen LogP contribution >= 0.6 is 0 Å². The molecule has 0 bridgehead atoms. The molecule has 5 rings (SSSR count). The van der Waals surface area contributed by atoms with Gasteiger partial charge in [-0.05, 0) is 38.3 Å². The van der Waals surface area contributed by atoms with Crippen LogP contribution in [0.2, 0.25) is 0 Å². The van der Waals surface area contributed by atoms with E-state index in [2.05, 4.69) is 25.6 Å². The van der Waals surface area contributed by atoms with E-state index in [4.69, 9.17) is 4.74 Å². The van der Waals surface area contributed by atoms with E-state index in [-0.39, 0.29) is 12.0 Å². The lowest BCUT2D eigenvalue weighted by molar-refractivity contribution is -0.121. The average Bonchev–Trinajstić information content (AvgIpc) is 3.46. The van der Waals surface area contributed by atoms with Crippen molar-refractivity contribution in [2.45, 2.75) is 45.1 Å². The zero-order valence-electron chi connectivity index (χ0n) is 16.3. The molecule has 1 fully saturated rings. The van der Waals surface area contributed by atoms with Gasteiger partial charge in [0.15, 0.2) is 5.65 Å². The van der Waals surface area contributed by atoms with Gasteiger partial charge in [0.2, 0.25) is 5.91 Å². The second kappa shape index (κ2) is 7.40. The first-order valence-electron chi connectivity index (χ1n) is 10.1. The number of nitrogens with zero attached hydrogens (tertiary/aromatic N) is 6. The van der Waals surface area contributed by atoms with Crippen LogP contribution in [0, 0.1) is 6.92 Å². The number of ether oxygens (including phenoxy) is 1. The Morgan fingerprint density at radius 1 is 1.31 bits per heavy atom. The minimum absolute atomic E-state index is 0.0495. The van der Waals surface area contributed by atoms with E-state index in [0.29, 0.717) is 37.4 Å². The SMILES string of the molecule is Cc1nc2c3ccccc3n3c(CCCC(=O)NCC4CCCO4)nnc3n2n1. The van der Waals surface area contributed by atoms with Crippen molar-refractivity contribution in [3.63, 3.8) is 0 Å². The van der Waals surface area contributed by atoms with E-state index >= 15 is 0 Å². The van der Waals surface area contributed by atoms with E-state index in [1.54, 1.807) is 4.52 Å². The predicted octanol–water partition coefficient (Wildman–Crippen LogP) is 1.85. The second-order valence-corrected chi connectivity index (χ2v) is 7.46. The van der Waals surface area contributed by atoms with Gasteiger partial charge in [-0.25, -0.2) is 4.98 Å². The number of aromatic nitrogens is 6. The number of aryl methyl sites for hydroxylation is 2. The summed E-state index contributed by atoms with van der Waals surface area (Å²) in [5.41, 5.74) is 1.77. The van der Waals surface area contributed by atoms with Crippen molar-refractivity contribution in [2.24, 2.45) is 0 Å². The van der Waals surface area contributed by atoms with Crippen molar-refractivity contribution >= 4 is 28.2 Å². The number of hydrogen-bond acceptors (Lipinski definition) is 6. The van der Waals surface area contributed by atoms with Crippen LogP contribution < -0.4 is 5.32 Å². The Morgan fingerprint density at radius 2 is 2.21 bits per heavy atom. The monoisotopic (exact) mass is 393 g/mol. The van der Waals surface area contributed by atoms with Gasteiger partial charge in [0.05, 0.1) is 11.6 Å². The van der Waals surface area contributed by atoms with Crippen LogP contribution in [0.5, 0.6) is 0 Å². The van der Waals surface area contributed by atoms with Gasteiger partial charge in [0.25, 0.3) is 5.78 Å². The maximum Gasteiger partial charge on any atom is 0.258 e. The molecule has 4 aromatic rings. The number of amides is 1. The molecule has 1 saturated heterocycles. The molecule has 1 unspecified atom stereocenters. The van der Waals surface area contributed by atoms with E-state index in [1.165, 1.54) is 0 Å². The van der Waals surface area contributed by atoms with E-state index in [9.17, 15) is 4.79 Å². The minimum atomic E-state index is 0.0495. The predicted molar refractivity (Wildman–Crippen MR) is 107 cm³/mol. The molecular weight excluding hydrogens is 370 g/mol. The summed E-state index contributed by atoms with van der Waals surface area (Å²) in [6.07, 6.45) is 4.06. The smallest absolute Gasteiger partial charge is 0.258 e. The van der Waals surface area contributed by atoms with Crippen LogP contribution in [0.4, 0.5) is 0 Å². The summed E-state index contributed by atoms with van der Waals surface area (Å²) >= 11 is 0. The Bertz CT molecular complexity index is 1190. The summed E-state index contributed by atoms with van der Waals surface area (Å²) in [6, 6.07) is 8.04. The van der Waals surface area contributed by atoms with E-state index in [0.717, 1.165) is 41.8 Å². The molecule has 1 aliphatic rings. The highest BCUT2D eigenvalue weighted by atomic mass is 16.5. The first-order valence-corrected chi connectivity index (χ1v) is 10.1. The summed E-state index contributed by atoms with van der Waals surface area (Å²) < 4.78 is 9.30. The van der Waals surface area contributed by atoms with Crippen LogP contribution in [0.15, 0.2) is 24.3 Å². The molecule has 0 spiro atoms. The van der Waals surface area contributed by atoms with Gasteiger partial charge in [-0.15, -0.1) is 15.3 Å². The van der Waals surface area contributed by atoms with Crippen molar-refractivity contribution in [3.8, 4) is 0 Å². The third kappa shape index (κ3) is 3.31. The molecule has 150 valence electrons. The number of rotatable bonds is 6. The zero-order chi connectivity index (χ0) is 19.8. The average molecular weight is 393 g/mol. The number of carbonyl (C=O) groups excluding carboxylic acids is 1. The molecule has 3 aromatic heterocycles. The van der Waals surface area contributed by atoms with Crippen LogP contribution in [-0.2, 0) is 16.0 Å². The molecule has 9 heteroatoms. The maximum atomic E-state index is 12.1. The van der Waals surface area contributed by atoms with Gasteiger partial charge in [-0.3, -0.25) is 9.20 Å². The Kier molecular flexibility index (Phi) is 4.59. The Hall–Kier alpha value is -3.07. The summed E-state index contributed by atoms with van der Waals surface area (Å²) in [4.78, 5) is 16.7. The number of nitrogens with one attached hydrogen (secondary N) is 1. The topological polar surface area (TPSA) is 98.7 Å². The standard InChI is InChI=1S/C20H23N7O2/c1-13-22-19-15-7-2-3-8-16(15)26-17(23-24-20(26)27(19)25-13)9-4-10-18(28)21-12-14-6-5-11-29-14/h2-3,7-8,14H,4-6,9-12H2,1H3,(H,21,28). The van der Waals surface area contributed by atoms with Gasteiger partial charge < -0.3 is 10.1 Å². The number of para-hydroxylation sites is 1. The zero-order valence-corrected chi connectivity index (χ0v) is 16.3. The second-order valence-electron chi connectivity index (χ2n) is 7.46. The van der Waals surface area contributed by atoms with Gasteiger partial charge in [-0.2, -0.15) is 4.52 Å². The third-order valence-electron chi connectivity index (χ3n) is 5.36. The summed E-state index contributed by atoms with van der Waals surface area (Å²) in [7, 11) is 0. The number of benzene rings is 1. The molecule has 0 aliphatic carbocycles. The quantitative estimate of drug-likeness (QED) is 0.537. The van der Waals surface area contributed by atoms with Gasteiger partial charge in [0, 0.05) is 31.4 Å². The van der Waals surface area contributed by atoms with Crippen molar-refractivity contribution in [3.05, 3.63) is 35.9 Å². The summed E-state index contributed by atoms with van der Waals surface area (Å²) in [5, 5.41) is 17.2. The highest BCUT2D eigenvalue weighted by Gasteiger charge is 2.18. The lowest BCUT2D eigenvalue weighted by Gasteiger charge is -2.10. The van der Waals surface area contributed by atoms with Crippen molar-refractivity contribution in [2.75, 3.05) is 13.2 Å². The fourth-order valence-electron chi connectivity index (χ4n) is 3.97. The Balaban J connectivity index is 1.36. The van der Waals surface area contributed by atoms with E-state index in [1.807, 2.05) is 35.6 Å². The fraction of sp³-hybridized carbons (Fsp3) is 0.450. The van der Waals surface area contributed by atoms with Gasteiger partial charge in [-0.1, -0.05) is 12.1 Å². The molecule has 1 aliphatic heterocycles. The normalized spacial score (nSPS) is 16.9. The summed E-state index contributed by atoms with van der Waals surface area (Å²) in [5.74, 6) is 2.19. The molecular formula is C20H23N7O2.